The van der Waals surface area contributed by atoms with E-state index in [1.807, 2.05) is 12.1 Å². The Morgan fingerprint density at radius 1 is 1.33 bits per heavy atom. The number of halogens is 1. The van der Waals surface area contributed by atoms with Crippen molar-refractivity contribution in [3.8, 4) is 0 Å². The fraction of sp³-hybridized carbons (Fsp3) is 0.588. The number of fused-ring (bicyclic) bond motifs is 3. The topological polar surface area (TPSA) is 43.8 Å². The van der Waals surface area contributed by atoms with Gasteiger partial charge in [-0.2, -0.15) is 0 Å². The van der Waals surface area contributed by atoms with E-state index in [0.29, 0.717) is 11.8 Å². The Bertz CT molecular complexity index is 676. The summed E-state index contributed by atoms with van der Waals surface area (Å²) < 4.78 is 2.39. The van der Waals surface area contributed by atoms with E-state index < -0.39 is 0 Å². The second kappa shape index (κ2) is 4.99. The first-order valence-corrected chi connectivity index (χ1v) is 8.48. The maximum absolute atomic E-state index is 6.53. The molecule has 1 aromatic carbocycles. The van der Waals surface area contributed by atoms with Crippen LogP contribution in [0.1, 0.15) is 44.3 Å². The van der Waals surface area contributed by atoms with Crippen LogP contribution >= 0.6 is 11.6 Å². The Hall–Kier alpha value is -1.06. The molecule has 3 nitrogen and oxygen atoms in total. The molecular formula is C17H22ClN3. The van der Waals surface area contributed by atoms with E-state index in [-0.39, 0.29) is 6.04 Å². The molecule has 0 aliphatic heterocycles. The summed E-state index contributed by atoms with van der Waals surface area (Å²) in [6.45, 7) is 3.22. The van der Waals surface area contributed by atoms with E-state index in [1.165, 1.54) is 30.6 Å². The van der Waals surface area contributed by atoms with Gasteiger partial charge in [0.2, 0.25) is 0 Å². The van der Waals surface area contributed by atoms with Crippen molar-refractivity contribution in [2.75, 3.05) is 0 Å². The maximum atomic E-state index is 6.53. The average Bonchev–Trinajstić information content (AvgIpc) is 3.13. The van der Waals surface area contributed by atoms with Gasteiger partial charge in [-0.05, 0) is 55.7 Å². The number of aromatic nitrogens is 2. The molecule has 0 saturated heterocycles. The molecule has 2 saturated carbocycles. The summed E-state index contributed by atoms with van der Waals surface area (Å²) in [6.07, 6.45) is 5.03. The van der Waals surface area contributed by atoms with Gasteiger partial charge >= 0.3 is 0 Å². The lowest BCUT2D eigenvalue weighted by atomic mass is 9.84. The SMILES string of the molecule is CCCn1c(C2C3CCC(C3)C2N)nc2cc(Cl)ccc21. The molecule has 2 bridgehead atoms. The Morgan fingerprint density at radius 2 is 2.14 bits per heavy atom. The lowest BCUT2D eigenvalue weighted by Gasteiger charge is -2.28. The first-order chi connectivity index (χ1) is 10.2. The minimum atomic E-state index is 0.284. The smallest absolute Gasteiger partial charge is 0.114 e. The van der Waals surface area contributed by atoms with Gasteiger partial charge < -0.3 is 10.3 Å². The lowest BCUT2D eigenvalue weighted by molar-refractivity contribution is 0.346. The van der Waals surface area contributed by atoms with E-state index in [9.17, 15) is 0 Å². The van der Waals surface area contributed by atoms with Crippen LogP contribution in [0.2, 0.25) is 5.02 Å². The highest BCUT2D eigenvalue weighted by Gasteiger charge is 2.48. The van der Waals surface area contributed by atoms with Crippen molar-refractivity contribution in [2.24, 2.45) is 17.6 Å². The molecule has 4 rings (SSSR count). The van der Waals surface area contributed by atoms with E-state index in [4.69, 9.17) is 22.3 Å². The zero-order valence-electron chi connectivity index (χ0n) is 12.4. The van der Waals surface area contributed by atoms with Crippen LogP contribution in [0.3, 0.4) is 0 Å². The van der Waals surface area contributed by atoms with Crippen molar-refractivity contribution in [3.05, 3.63) is 29.0 Å². The number of benzene rings is 1. The fourth-order valence-corrected chi connectivity index (χ4v) is 4.72. The lowest BCUT2D eigenvalue weighted by Crippen LogP contribution is -2.35. The van der Waals surface area contributed by atoms with Crippen LogP contribution in [-0.2, 0) is 6.54 Å². The Labute approximate surface area is 130 Å². The number of nitrogens with two attached hydrogens (primary N) is 1. The summed E-state index contributed by atoms with van der Waals surface area (Å²) in [6, 6.07) is 6.32. The van der Waals surface area contributed by atoms with Gasteiger partial charge in [0.05, 0.1) is 11.0 Å². The molecular weight excluding hydrogens is 282 g/mol. The molecule has 4 heteroatoms. The molecule has 2 aliphatic rings. The zero-order chi connectivity index (χ0) is 14.6. The van der Waals surface area contributed by atoms with E-state index >= 15 is 0 Å². The fourth-order valence-electron chi connectivity index (χ4n) is 4.55. The number of imidazole rings is 1. The molecule has 0 spiro atoms. The Balaban J connectivity index is 1.85. The van der Waals surface area contributed by atoms with Crippen LogP contribution in [0.15, 0.2) is 18.2 Å². The first kappa shape index (κ1) is 13.6. The number of aryl methyl sites for hydroxylation is 1. The summed E-state index contributed by atoms with van der Waals surface area (Å²) in [4.78, 5) is 4.94. The molecule has 4 unspecified atom stereocenters. The highest BCUT2D eigenvalue weighted by Crippen LogP contribution is 2.52. The van der Waals surface area contributed by atoms with Gasteiger partial charge in [0, 0.05) is 23.5 Å². The minimum Gasteiger partial charge on any atom is -0.328 e. The van der Waals surface area contributed by atoms with Crippen molar-refractivity contribution in [2.45, 2.75) is 51.1 Å². The molecule has 1 aromatic heterocycles. The van der Waals surface area contributed by atoms with E-state index in [1.54, 1.807) is 0 Å². The van der Waals surface area contributed by atoms with Crippen molar-refractivity contribution in [1.29, 1.82) is 0 Å². The van der Waals surface area contributed by atoms with Gasteiger partial charge in [0.1, 0.15) is 5.82 Å². The predicted molar refractivity (Wildman–Crippen MR) is 86.6 cm³/mol. The first-order valence-electron chi connectivity index (χ1n) is 8.10. The molecule has 4 atom stereocenters. The van der Waals surface area contributed by atoms with Crippen molar-refractivity contribution in [3.63, 3.8) is 0 Å². The van der Waals surface area contributed by atoms with Crippen molar-refractivity contribution < 1.29 is 0 Å². The maximum Gasteiger partial charge on any atom is 0.114 e. The number of hydrogen-bond acceptors (Lipinski definition) is 2. The second-order valence-corrected chi connectivity index (χ2v) is 7.13. The minimum absolute atomic E-state index is 0.284. The molecule has 2 N–H and O–H groups in total. The Kier molecular flexibility index (Phi) is 3.23. The van der Waals surface area contributed by atoms with E-state index in [2.05, 4.69) is 17.6 Å². The van der Waals surface area contributed by atoms with E-state index in [0.717, 1.165) is 29.4 Å². The molecule has 2 aromatic rings. The normalized spacial score (nSPS) is 31.4. The number of nitrogens with zero attached hydrogens (tertiary/aromatic N) is 2. The van der Waals surface area contributed by atoms with Crippen LogP contribution in [0.5, 0.6) is 0 Å². The molecule has 0 radical (unpaired) electrons. The van der Waals surface area contributed by atoms with Gasteiger partial charge in [-0.15, -0.1) is 0 Å². The highest BCUT2D eigenvalue weighted by molar-refractivity contribution is 6.31. The van der Waals surface area contributed by atoms with Gasteiger partial charge in [0.25, 0.3) is 0 Å². The third-order valence-corrected chi connectivity index (χ3v) is 5.70. The van der Waals surface area contributed by atoms with Crippen LogP contribution < -0.4 is 5.73 Å². The van der Waals surface area contributed by atoms with Gasteiger partial charge in [-0.25, -0.2) is 4.98 Å². The van der Waals surface area contributed by atoms with Crippen LogP contribution in [0, 0.1) is 11.8 Å². The molecule has 21 heavy (non-hydrogen) atoms. The summed E-state index contributed by atoms with van der Waals surface area (Å²) in [5, 5.41) is 0.757. The number of rotatable bonds is 3. The summed E-state index contributed by atoms with van der Waals surface area (Å²) >= 11 is 6.13. The monoisotopic (exact) mass is 303 g/mol. The van der Waals surface area contributed by atoms with Crippen LogP contribution in [-0.4, -0.2) is 15.6 Å². The third kappa shape index (κ3) is 2.01. The second-order valence-electron chi connectivity index (χ2n) is 6.69. The van der Waals surface area contributed by atoms with Gasteiger partial charge in [-0.1, -0.05) is 18.5 Å². The van der Waals surface area contributed by atoms with Crippen LogP contribution in [0.4, 0.5) is 0 Å². The van der Waals surface area contributed by atoms with Crippen molar-refractivity contribution >= 4 is 22.6 Å². The van der Waals surface area contributed by atoms with Crippen molar-refractivity contribution in [1.82, 2.24) is 9.55 Å². The van der Waals surface area contributed by atoms with Gasteiger partial charge in [-0.3, -0.25) is 0 Å². The quantitative estimate of drug-likeness (QED) is 0.933. The predicted octanol–water partition coefficient (Wildman–Crippen LogP) is 3.94. The third-order valence-electron chi connectivity index (χ3n) is 5.47. The number of hydrogen-bond donors (Lipinski definition) is 1. The molecule has 112 valence electrons. The summed E-state index contributed by atoms with van der Waals surface area (Å²) in [7, 11) is 0. The average molecular weight is 304 g/mol. The molecule has 2 aliphatic carbocycles. The van der Waals surface area contributed by atoms with Gasteiger partial charge in [0.15, 0.2) is 0 Å². The molecule has 1 heterocycles. The van der Waals surface area contributed by atoms with Crippen LogP contribution in [0.25, 0.3) is 11.0 Å². The molecule has 0 amide bonds. The Morgan fingerprint density at radius 3 is 2.86 bits per heavy atom. The summed E-state index contributed by atoms with van der Waals surface area (Å²) in [5.41, 5.74) is 8.75. The summed E-state index contributed by atoms with van der Waals surface area (Å²) in [5.74, 6) is 3.07. The highest BCUT2D eigenvalue weighted by atomic mass is 35.5. The standard InChI is InChI=1S/C17H22ClN3/c1-2-7-21-14-6-5-12(18)9-13(14)20-17(21)15-10-3-4-11(8-10)16(15)19/h5-6,9-11,15-16H,2-4,7-8,19H2,1H3. The zero-order valence-corrected chi connectivity index (χ0v) is 13.2. The molecule has 2 fully saturated rings. The largest absolute Gasteiger partial charge is 0.328 e.